The minimum Gasteiger partial charge on any atom is -0.326 e. The van der Waals surface area contributed by atoms with Crippen LogP contribution in [-0.2, 0) is 17.4 Å². The molecule has 1 aromatic heterocycles. The molecule has 1 aliphatic carbocycles. The van der Waals surface area contributed by atoms with Crippen LogP contribution in [0.4, 0.5) is 35.2 Å². The molecule has 12 heteroatoms. The number of hydrogen-bond acceptors (Lipinski definition) is 5. The predicted molar refractivity (Wildman–Crippen MR) is 125 cm³/mol. The third kappa shape index (κ3) is 6.39. The number of nitrogens with zero attached hydrogens (tertiary/aromatic N) is 3. The molecule has 1 fully saturated rings. The molecule has 1 saturated carbocycles. The fraction of sp³-hybridized carbons (Fsp3) is 0.333. The van der Waals surface area contributed by atoms with E-state index < -0.39 is 23.7 Å². The number of carbonyl (C=O) groups excluding carboxylic acids is 2. The van der Waals surface area contributed by atoms with Crippen LogP contribution in [0.15, 0.2) is 59.3 Å². The van der Waals surface area contributed by atoms with Crippen LogP contribution in [0.5, 0.6) is 0 Å². The standard InChI is InChI=1S/C24H25F3N6O3/c1-32(2)19-12-20(13-19)33-14-22(36-31-33)30-23(35)29-18-10-16(24(25,26)27)9-17(11-18)28-21(34)8-15-6-4-3-5-7-15/h3-7,9-11,14,19-20H,8,12-13H2,1-2H3,(H2-,28,29,30,31,34,35)/p+1. The number of anilines is 3. The minimum atomic E-state index is -4.68. The van der Waals surface area contributed by atoms with E-state index in [1.165, 1.54) is 12.3 Å². The maximum atomic E-state index is 13.4. The second-order valence-corrected chi connectivity index (χ2v) is 8.88. The van der Waals surface area contributed by atoms with E-state index in [1.807, 2.05) is 14.1 Å². The van der Waals surface area contributed by atoms with Crippen LogP contribution in [0.3, 0.4) is 0 Å². The quantitative estimate of drug-likeness (QED) is 0.422. The maximum Gasteiger partial charge on any atom is 0.416 e. The zero-order valence-electron chi connectivity index (χ0n) is 19.7. The zero-order valence-corrected chi connectivity index (χ0v) is 19.7. The highest BCUT2D eigenvalue weighted by Crippen LogP contribution is 2.34. The van der Waals surface area contributed by atoms with Gasteiger partial charge < -0.3 is 15.5 Å². The van der Waals surface area contributed by atoms with Crippen molar-refractivity contribution in [2.75, 3.05) is 30.0 Å². The van der Waals surface area contributed by atoms with Gasteiger partial charge in [0, 0.05) is 30.3 Å². The molecule has 3 amide bonds. The molecule has 0 unspecified atom stereocenters. The van der Waals surface area contributed by atoms with Gasteiger partial charge in [0.1, 0.15) is 0 Å². The molecule has 3 aromatic rings. The highest BCUT2D eigenvalue weighted by atomic mass is 19.4. The molecular weight excluding hydrogens is 477 g/mol. The summed E-state index contributed by atoms with van der Waals surface area (Å²) in [6, 6.07) is 11.4. The highest BCUT2D eigenvalue weighted by molar-refractivity contribution is 6.00. The van der Waals surface area contributed by atoms with Crippen LogP contribution in [-0.4, -0.2) is 42.2 Å². The molecule has 190 valence electrons. The first kappa shape index (κ1) is 25.2. The van der Waals surface area contributed by atoms with Crippen LogP contribution in [0.1, 0.15) is 30.0 Å². The van der Waals surface area contributed by atoms with Gasteiger partial charge in [0.05, 0.1) is 12.0 Å². The van der Waals surface area contributed by atoms with E-state index in [1.54, 1.807) is 35.0 Å². The van der Waals surface area contributed by atoms with Crippen LogP contribution in [0.25, 0.3) is 0 Å². The molecule has 1 heterocycles. The maximum absolute atomic E-state index is 13.4. The smallest absolute Gasteiger partial charge is 0.326 e. The van der Waals surface area contributed by atoms with E-state index in [4.69, 9.17) is 4.52 Å². The summed E-state index contributed by atoms with van der Waals surface area (Å²) in [5.74, 6) is -0.446. The predicted octanol–water partition coefficient (Wildman–Crippen LogP) is 4.07. The second-order valence-electron chi connectivity index (χ2n) is 8.88. The lowest BCUT2D eigenvalue weighted by molar-refractivity contribution is -0.795. The molecule has 36 heavy (non-hydrogen) atoms. The fourth-order valence-corrected chi connectivity index (χ4v) is 3.88. The summed E-state index contributed by atoms with van der Waals surface area (Å²) >= 11 is 0. The molecule has 0 spiro atoms. The van der Waals surface area contributed by atoms with Crippen molar-refractivity contribution in [2.24, 2.45) is 0 Å². The Morgan fingerprint density at radius 3 is 2.36 bits per heavy atom. The largest absolute Gasteiger partial charge is 0.416 e. The second kappa shape index (κ2) is 10.4. The molecule has 0 aliphatic heterocycles. The van der Waals surface area contributed by atoms with Crippen LogP contribution in [0, 0.1) is 0 Å². The number of aromatic nitrogens is 2. The van der Waals surface area contributed by atoms with Gasteiger partial charge in [0.2, 0.25) is 11.2 Å². The minimum absolute atomic E-state index is 0.0118. The van der Waals surface area contributed by atoms with Crippen molar-refractivity contribution in [1.82, 2.24) is 10.2 Å². The van der Waals surface area contributed by atoms with E-state index >= 15 is 0 Å². The Bertz CT molecular complexity index is 1220. The molecule has 0 bridgehead atoms. The van der Waals surface area contributed by atoms with Gasteiger partial charge in [-0.1, -0.05) is 30.3 Å². The Morgan fingerprint density at radius 2 is 1.72 bits per heavy atom. The highest BCUT2D eigenvalue weighted by Gasteiger charge is 2.40. The number of nitrogens with one attached hydrogen (secondary N) is 3. The van der Waals surface area contributed by atoms with Gasteiger partial charge in [-0.2, -0.15) is 13.2 Å². The number of hydrogen-bond donors (Lipinski definition) is 3. The number of carbonyl (C=O) groups is 2. The van der Waals surface area contributed by atoms with Crippen molar-refractivity contribution in [3.8, 4) is 0 Å². The van der Waals surface area contributed by atoms with Gasteiger partial charge in [0.25, 0.3) is 6.20 Å². The molecule has 0 saturated heterocycles. The lowest BCUT2D eigenvalue weighted by Gasteiger charge is -2.33. The molecular formula is C24H26F3N6O3+. The molecule has 9 nitrogen and oxygen atoms in total. The van der Waals surface area contributed by atoms with Crippen LogP contribution in [0.2, 0.25) is 0 Å². The number of amides is 3. The van der Waals surface area contributed by atoms with Crippen LogP contribution < -0.4 is 20.6 Å². The Balaban J connectivity index is 1.41. The Labute approximate surface area is 205 Å². The average molecular weight is 504 g/mol. The number of benzene rings is 2. The number of alkyl halides is 3. The lowest BCUT2D eigenvalue weighted by atomic mass is 9.86. The van der Waals surface area contributed by atoms with Gasteiger partial charge in [-0.25, -0.2) is 4.79 Å². The third-order valence-electron chi connectivity index (χ3n) is 5.92. The van der Waals surface area contributed by atoms with E-state index in [0.717, 1.165) is 25.0 Å². The van der Waals surface area contributed by atoms with Crippen molar-refractivity contribution >= 4 is 29.2 Å². The summed E-state index contributed by atoms with van der Waals surface area (Å²) in [6.45, 7) is 0. The average Bonchev–Trinajstić information content (AvgIpc) is 3.19. The first-order valence-corrected chi connectivity index (χ1v) is 11.3. The Kier molecular flexibility index (Phi) is 7.25. The number of halogens is 3. The summed E-state index contributed by atoms with van der Waals surface area (Å²) in [5.41, 5.74) is -0.562. The van der Waals surface area contributed by atoms with E-state index in [0.29, 0.717) is 11.6 Å². The molecule has 1 aliphatic rings. The SMILES string of the molecule is CN(C)C1CC([n+]2cc(NC(=O)Nc3cc(NC(=O)Cc4ccccc4)cc(C(F)(F)F)c3)on2)C1. The fourth-order valence-electron chi connectivity index (χ4n) is 3.88. The molecule has 0 atom stereocenters. The van der Waals surface area contributed by atoms with Crippen molar-refractivity contribution in [3.05, 3.63) is 65.9 Å². The summed E-state index contributed by atoms with van der Waals surface area (Å²) in [7, 11) is 4.00. The summed E-state index contributed by atoms with van der Waals surface area (Å²) in [6.07, 6.45) is -1.39. The third-order valence-corrected chi connectivity index (χ3v) is 5.92. The van der Waals surface area contributed by atoms with E-state index in [-0.39, 0.29) is 29.7 Å². The first-order chi connectivity index (χ1) is 17.1. The van der Waals surface area contributed by atoms with Gasteiger partial charge in [-0.15, -0.1) is 0 Å². The van der Waals surface area contributed by atoms with E-state index in [2.05, 4.69) is 26.1 Å². The number of urea groups is 1. The zero-order chi connectivity index (χ0) is 25.9. The van der Waals surface area contributed by atoms with Gasteiger partial charge in [-0.3, -0.25) is 14.6 Å². The van der Waals surface area contributed by atoms with Crippen molar-refractivity contribution < 1.29 is 32.0 Å². The van der Waals surface area contributed by atoms with Crippen LogP contribution >= 0.6 is 0 Å². The van der Waals surface area contributed by atoms with Gasteiger partial charge >= 0.3 is 18.1 Å². The summed E-state index contributed by atoms with van der Waals surface area (Å²) in [5, 5.41) is 11.1. The van der Waals surface area contributed by atoms with Crippen molar-refractivity contribution in [2.45, 2.75) is 37.5 Å². The molecule has 3 N–H and O–H groups in total. The summed E-state index contributed by atoms with van der Waals surface area (Å²) in [4.78, 5) is 26.9. The Morgan fingerprint density at radius 1 is 1.06 bits per heavy atom. The normalized spacial score (nSPS) is 17.4. The van der Waals surface area contributed by atoms with E-state index in [9.17, 15) is 22.8 Å². The first-order valence-electron chi connectivity index (χ1n) is 11.3. The summed E-state index contributed by atoms with van der Waals surface area (Å²) < 4.78 is 47.1. The molecule has 0 radical (unpaired) electrons. The monoisotopic (exact) mass is 503 g/mol. The molecule has 4 rings (SSSR count). The van der Waals surface area contributed by atoms with Crippen molar-refractivity contribution in [3.63, 3.8) is 0 Å². The van der Waals surface area contributed by atoms with Gasteiger partial charge in [-0.05, 0) is 42.5 Å². The van der Waals surface area contributed by atoms with Crippen molar-refractivity contribution in [1.29, 1.82) is 0 Å². The molecule has 2 aromatic carbocycles. The Hall–Kier alpha value is -3.93. The van der Waals surface area contributed by atoms with Gasteiger partial charge in [0.15, 0.2) is 6.04 Å². The topological polar surface area (TPSA) is 103 Å². The lowest BCUT2D eigenvalue weighted by Crippen LogP contribution is -2.53. The number of rotatable bonds is 7.